The van der Waals surface area contributed by atoms with Crippen molar-refractivity contribution < 1.29 is 51.0 Å². The number of rotatable bonds is 5. The Labute approximate surface area is 291 Å². The van der Waals surface area contributed by atoms with Crippen LogP contribution in [0.25, 0.3) is 0 Å². The number of phenolic OH excluding ortho intramolecular Hbond substituents is 1. The van der Waals surface area contributed by atoms with E-state index >= 15 is 8.78 Å². The molecule has 0 spiro atoms. The van der Waals surface area contributed by atoms with Gasteiger partial charge in [-0.25, -0.2) is 26.9 Å². The topological polar surface area (TPSA) is 104 Å². The van der Waals surface area contributed by atoms with Crippen molar-refractivity contribution in [3.05, 3.63) is 94.3 Å². The molecule has 1 saturated carbocycles. The van der Waals surface area contributed by atoms with E-state index in [1.54, 1.807) is 30.3 Å². The van der Waals surface area contributed by atoms with Crippen LogP contribution in [0.15, 0.2) is 54.1 Å². The number of hydrogen-bond acceptors (Lipinski definition) is 6. The molecule has 260 valence electrons. The van der Waals surface area contributed by atoms with E-state index in [9.17, 15) is 37.5 Å². The molecule has 15 heteroatoms. The number of imide groups is 2. The quantitative estimate of drug-likeness (QED) is 0.0810. The largest absolute Gasteiger partial charge is 0.508 e. The van der Waals surface area contributed by atoms with E-state index in [-0.39, 0.29) is 28.2 Å². The van der Waals surface area contributed by atoms with Gasteiger partial charge in [0.25, 0.3) is 11.8 Å². The van der Waals surface area contributed by atoms with Crippen molar-refractivity contribution in [1.29, 1.82) is 0 Å². The van der Waals surface area contributed by atoms with Gasteiger partial charge in [-0.3, -0.25) is 24.1 Å². The van der Waals surface area contributed by atoms with Crippen LogP contribution in [-0.4, -0.2) is 45.6 Å². The van der Waals surface area contributed by atoms with Crippen LogP contribution in [0.2, 0.25) is 0 Å². The molecule has 3 aromatic carbocycles. The molecule has 2 aliphatic carbocycles. The lowest BCUT2D eigenvalue weighted by molar-refractivity contribution is -0.125. The minimum atomic E-state index is -2.77. The van der Waals surface area contributed by atoms with Crippen molar-refractivity contribution in [1.82, 2.24) is 0 Å². The lowest BCUT2D eigenvalue weighted by Gasteiger charge is -2.50. The van der Waals surface area contributed by atoms with Crippen molar-refractivity contribution in [2.45, 2.75) is 41.9 Å². The minimum absolute atomic E-state index is 0.0441. The number of aromatic hydroxyl groups is 1. The summed E-state index contributed by atoms with van der Waals surface area (Å²) < 4.78 is 78.6. The van der Waals surface area contributed by atoms with Gasteiger partial charge in [-0.2, -0.15) is 0 Å². The molecular formula is C35H25Cl2F5N2O6. The number of alkyl halides is 2. The zero-order valence-electron chi connectivity index (χ0n) is 26.1. The number of aryl methyl sites for hydroxylation is 1. The summed E-state index contributed by atoms with van der Waals surface area (Å²) in [5.41, 5.74) is -0.590. The Hall–Kier alpha value is -4.49. The summed E-state index contributed by atoms with van der Waals surface area (Å²) >= 11 is 14.2. The molecule has 0 radical (unpaired) electrons. The molecule has 2 heterocycles. The molecule has 0 bridgehead atoms. The molecular weight excluding hydrogens is 710 g/mol. The lowest BCUT2D eigenvalue weighted by atomic mass is 9.56. The Morgan fingerprint density at radius 1 is 0.840 bits per heavy atom. The molecule has 7 rings (SSSR count). The SMILES string of the molecule is CCc1ccc(N2C(=O)[C@H]3[C@H](CC=C4[C@H]3C[C@@]3(Cl)C(=O)N(c5c(F)c(F)c(F)c(F)c5F)C(=O)[C@@]3(Cl)[C@H]4c3cc(OC)ccc3O)C2=O)cc1. The highest BCUT2D eigenvalue weighted by Crippen LogP contribution is 2.67. The number of carbonyl (C=O) groups is 4. The van der Waals surface area contributed by atoms with Gasteiger partial charge < -0.3 is 9.84 Å². The number of amides is 4. The van der Waals surface area contributed by atoms with E-state index < -0.39 is 104 Å². The number of carbonyl (C=O) groups excluding carboxylic acids is 4. The van der Waals surface area contributed by atoms with Gasteiger partial charge in [0.15, 0.2) is 33.0 Å². The Morgan fingerprint density at radius 2 is 1.46 bits per heavy atom. The van der Waals surface area contributed by atoms with Gasteiger partial charge in [0, 0.05) is 11.5 Å². The third kappa shape index (κ3) is 4.28. The first-order valence-electron chi connectivity index (χ1n) is 15.5. The molecule has 4 aliphatic rings. The Bertz CT molecular complexity index is 2050. The molecule has 8 nitrogen and oxygen atoms in total. The van der Waals surface area contributed by atoms with Crippen LogP contribution in [0.1, 0.15) is 36.8 Å². The molecule has 2 aliphatic heterocycles. The van der Waals surface area contributed by atoms with Gasteiger partial charge in [0.05, 0.1) is 24.6 Å². The molecule has 50 heavy (non-hydrogen) atoms. The molecule has 0 unspecified atom stereocenters. The van der Waals surface area contributed by atoms with E-state index in [4.69, 9.17) is 27.9 Å². The second-order valence-corrected chi connectivity index (χ2v) is 13.9. The monoisotopic (exact) mass is 734 g/mol. The zero-order valence-corrected chi connectivity index (χ0v) is 27.6. The molecule has 4 amide bonds. The summed E-state index contributed by atoms with van der Waals surface area (Å²) in [7, 11) is 1.30. The summed E-state index contributed by atoms with van der Waals surface area (Å²) in [5.74, 6) is -22.0. The average molecular weight is 735 g/mol. The number of halogens is 7. The van der Waals surface area contributed by atoms with Gasteiger partial charge in [-0.15, -0.1) is 23.2 Å². The average Bonchev–Trinajstić information content (AvgIpc) is 3.45. The molecule has 2 saturated heterocycles. The van der Waals surface area contributed by atoms with Gasteiger partial charge in [-0.1, -0.05) is 30.7 Å². The highest BCUT2D eigenvalue weighted by molar-refractivity contribution is 6.58. The fourth-order valence-corrected chi connectivity index (χ4v) is 8.87. The summed E-state index contributed by atoms with van der Waals surface area (Å²) in [6.07, 6.45) is 1.54. The van der Waals surface area contributed by atoms with E-state index in [0.717, 1.165) is 10.5 Å². The van der Waals surface area contributed by atoms with E-state index in [1.807, 2.05) is 6.92 Å². The van der Waals surface area contributed by atoms with E-state index in [2.05, 4.69) is 0 Å². The smallest absolute Gasteiger partial charge is 0.258 e. The molecule has 3 fully saturated rings. The van der Waals surface area contributed by atoms with Gasteiger partial charge in [0.1, 0.15) is 17.2 Å². The summed E-state index contributed by atoms with van der Waals surface area (Å²) in [5, 5.41) is 11.1. The number of methoxy groups -OCH3 is 1. The first kappa shape index (κ1) is 34.0. The van der Waals surface area contributed by atoms with Crippen molar-refractivity contribution in [3.8, 4) is 11.5 Å². The van der Waals surface area contributed by atoms with Crippen molar-refractivity contribution >= 4 is 58.2 Å². The maximum Gasteiger partial charge on any atom is 0.258 e. The first-order valence-corrected chi connectivity index (χ1v) is 16.2. The highest BCUT2D eigenvalue weighted by atomic mass is 35.5. The Kier molecular flexibility index (Phi) is 7.83. The summed E-state index contributed by atoms with van der Waals surface area (Å²) in [4.78, 5) is 52.0. The fourth-order valence-electron chi connectivity index (χ4n) is 7.94. The van der Waals surface area contributed by atoms with Crippen molar-refractivity contribution in [2.24, 2.45) is 17.8 Å². The number of fused-ring (bicyclic) bond motifs is 4. The Balaban J connectivity index is 1.43. The normalized spacial score (nSPS) is 28.9. The summed E-state index contributed by atoms with van der Waals surface area (Å²) in [6, 6.07) is 10.6. The van der Waals surface area contributed by atoms with Gasteiger partial charge in [0.2, 0.25) is 17.6 Å². The third-order valence-electron chi connectivity index (χ3n) is 10.4. The number of phenols is 1. The second-order valence-electron chi connectivity index (χ2n) is 12.6. The standard InChI is InChI=1S/C35H25Cl2F5N2O6/c1-3-14-4-6-15(7-5-14)43-30(46)18-10-9-17-20(22(18)31(43)47)13-34(36)32(48)44(29-27(41)25(39)24(38)26(40)28(29)42)33(49)35(34,37)23(17)19-12-16(50-2)8-11-21(19)45/h4-9,11-12,18,20,22-23,45H,3,10,13H2,1-2H3/t18-,20+,22-,23+,34+,35-/m0/s1. The van der Waals surface area contributed by atoms with Gasteiger partial charge >= 0.3 is 0 Å². The number of anilines is 2. The number of hydrogen-bond donors (Lipinski definition) is 1. The van der Waals surface area contributed by atoms with Crippen LogP contribution in [0.3, 0.4) is 0 Å². The zero-order chi connectivity index (χ0) is 36.2. The number of benzene rings is 3. The fraction of sp³-hybridized carbons (Fsp3) is 0.314. The summed E-state index contributed by atoms with van der Waals surface area (Å²) in [6.45, 7) is 1.93. The predicted molar refractivity (Wildman–Crippen MR) is 169 cm³/mol. The van der Waals surface area contributed by atoms with Crippen molar-refractivity contribution in [3.63, 3.8) is 0 Å². The minimum Gasteiger partial charge on any atom is -0.508 e. The van der Waals surface area contributed by atoms with Crippen molar-refractivity contribution in [2.75, 3.05) is 16.9 Å². The van der Waals surface area contributed by atoms with E-state index in [1.165, 1.54) is 25.3 Å². The van der Waals surface area contributed by atoms with Gasteiger partial charge in [-0.05, 0) is 61.1 Å². The lowest BCUT2D eigenvalue weighted by Crippen LogP contribution is -2.60. The maximum atomic E-state index is 15.2. The Morgan fingerprint density at radius 3 is 2.06 bits per heavy atom. The van der Waals surface area contributed by atoms with Crippen LogP contribution >= 0.6 is 23.2 Å². The second kappa shape index (κ2) is 11.5. The van der Waals surface area contributed by atoms with Crippen LogP contribution < -0.4 is 14.5 Å². The first-order chi connectivity index (χ1) is 23.6. The van der Waals surface area contributed by atoms with Crippen LogP contribution in [-0.2, 0) is 25.6 Å². The van der Waals surface area contributed by atoms with Crippen LogP contribution in [0.5, 0.6) is 11.5 Å². The van der Waals surface area contributed by atoms with E-state index in [0.29, 0.717) is 12.1 Å². The van der Waals surface area contributed by atoms with Crippen LogP contribution in [0, 0.1) is 46.8 Å². The molecule has 6 atom stereocenters. The van der Waals surface area contributed by atoms with Crippen LogP contribution in [0.4, 0.5) is 33.3 Å². The molecule has 3 aromatic rings. The number of ether oxygens (including phenoxy) is 1. The molecule has 1 N–H and O–H groups in total. The maximum absolute atomic E-state index is 15.2. The number of allylic oxidation sites excluding steroid dienone is 2. The predicted octanol–water partition coefficient (Wildman–Crippen LogP) is 6.43. The number of nitrogens with zero attached hydrogens (tertiary/aromatic N) is 2. The molecule has 0 aromatic heterocycles. The highest BCUT2D eigenvalue weighted by Gasteiger charge is 2.77. The third-order valence-corrected chi connectivity index (χ3v) is 11.8.